The fraction of sp³-hybridized carbons (Fsp3) is 0.684. The predicted octanol–water partition coefficient (Wildman–Crippen LogP) is 10.1. The van der Waals surface area contributed by atoms with Gasteiger partial charge in [-0.15, -0.1) is 0 Å². The van der Waals surface area contributed by atoms with Crippen molar-refractivity contribution in [1.82, 2.24) is 10.6 Å². The third-order valence-corrected chi connectivity index (χ3v) is 10.2. The molecule has 42 heavy (non-hydrogen) atoms. The van der Waals surface area contributed by atoms with E-state index in [4.69, 9.17) is 0 Å². The lowest BCUT2D eigenvalue weighted by atomic mass is 9.83. The summed E-state index contributed by atoms with van der Waals surface area (Å²) < 4.78 is 0. The van der Waals surface area contributed by atoms with Crippen molar-refractivity contribution in [1.29, 1.82) is 0 Å². The minimum atomic E-state index is 0.0262. The Balaban J connectivity index is 1.19. The molecular weight excluding hydrogens is 516 g/mol. The van der Waals surface area contributed by atoms with Crippen molar-refractivity contribution in [3.8, 4) is 0 Å². The van der Waals surface area contributed by atoms with Crippen LogP contribution in [0.4, 0.5) is 0 Å². The van der Waals surface area contributed by atoms with Gasteiger partial charge in [0, 0.05) is 23.2 Å². The highest BCUT2D eigenvalue weighted by molar-refractivity contribution is 6.02. The zero-order chi connectivity index (χ0) is 29.6. The van der Waals surface area contributed by atoms with E-state index in [0.29, 0.717) is 11.1 Å². The van der Waals surface area contributed by atoms with Crippen LogP contribution >= 0.6 is 0 Å². The highest BCUT2D eigenvalue weighted by Gasteiger charge is 2.24. The first-order valence-electron chi connectivity index (χ1n) is 17.7. The molecule has 4 heteroatoms. The van der Waals surface area contributed by atoms with Gasteiger partial charge >= 0.3 is 0 Å². The Morgan fingerprint density at radius 1 is 0.548 bits per heavy atom. The molecule has 2 saturated carbocycles. The number of hydrogen-bond acceptors (Lipinski definition) is 2. The lowest BCUT2D eigenvalue weighted by Gasteiger charge is -2.29. The summed E-state index contributed by atoms with van der Waals surface area (Å²) in [5.41, 5.74) is 1.42. The molecule has 0 aromatic heterocycles. The second-order valence-corrected chi connectivity index (χ2v) is 13.6. The highest BCUT2D eigenvalue weighted by atomic mass is 16.2. The molecule has 4 nitrogen and oxygen atoms in total. The van der Waals surface area contributed by atoms with Gasteiger partial charge in [0.25, 0.3) is 11.8 Å². The predicted molar refractivity (Wildman–Crippen MR) is 177 cm³/mol. The molecular formula is C38H58N2O2. The van der Waals surface area contributed by atoms with Gasteiger partial charge in [0.05, 0.1) is 0 Å². The third-order valence-electron chi connectivity index (χ3n) is 10.2. The fourth-order valence-corrected chi connectivity index (χ4v) is 7.33. The van der Waals surface area contributed by atoms with Crippen LogP contribution in [0.3, 0.4) is 0 Å². The van der Waals surface area contributed by atoms with Crippen molar-refractivity contribution in [2.75, 3.05) is 0 Å². The van der Waals surface area contributed by atoms with Crippen molar-refractivity contribution >= 4 is 22.6 Å². The molecule has 0 aliphatic heterocycles. The molecule has 2 aromatic rings. The number of carbonyl (C=O) groups excluding carboxylic acids is 2. The van der Waals surface area contributed by atoms with Gasteiger partial charge in [0.1, 0.15) is 0 Å². The second-order valence-electron chi connectivity index (χ2n) is 13.6. The Morgan fingerprint density at radius 2 is 0.929 bits per heavy atom. The van der Waals surface area contributed by atoms with Gasteiger partial charge in [-0.1, -0.05) is 103 Å². The second kappa shape index (κ2) is 17.7. The van der Waals surface area contributed by atoms with E-state index in [0.717, 1.165) is 48.3 Å². The van der Waals surface area contributed by atoms with Crippen molar-refractivity contribution < 1.29 is 9.59 Å². The summed E-state index contributed by atoms with van der Waals surface area (Å²) in [6, 6.07) is 12.3. The maximum atomic E-state index is 13.1. The summed E-state index contributed by atoms with van der Waals surface area (Å²) in [7, 11) is 0. The molecule has 2 amide bonds. The molecule has 2 aromatic carbocycles. The average molecular weight is 575 g/mol. The number of benzene rings is 2. The number of rotatable bonds is 16. The van der Waals surface area contributed by atoms with Crippen molar-refractivity contribution in [3.63, 3.8) is 0 Å². The zero-order valence-corrected chi connectivity index (χ0v) is 26.7. The van der Waals surface area contributed by atoms with Crippen LogP contribution in [0, 0.1) is 11.8 Å². The molecule has 2 aliphatic carbocycles. The van der Waals surface area contributed by atoms with Gasteiger partial charge in [-0.3, -0.25) is 9.59 Å². The van der Waals surface area contributed by atoms with E-state index in [9.17, 15) is 9.59 Å². The zero-order valence-electron chi connectivity index (χ0n) is 26.7. The summed E-state index contributed by atoms with van der Waals surface area (Å²) in [5.74, 6) is 1.73. The summed E-state index contributed by atoms with van der Waals surface area (Å²) >= 11 is 0. The van der Waals surface area contributed by atoms with Crippen LogP contribution in [0.1, 0.15) is 163 Å². The Bertz CT molecular complexity index is 1010. The molecule has 0 atom stereocenters. The molecule has 2 aliphatic rings. The quantitative estimate of drug-likeness (QED) is 0.196. The Hall–Kier alpha value is -2.36. The molecule has 0 unspecified atom stereocenters. The van der Waals surface area contributed by atoms with E-state index in [1.54, 1.807) is 0 Å². The van der Waals surface area contributed by atoms with Gasteiger partial charge in [-0.25, -0.2) is 0 Å². The monoisotopic (exact) mass is 574 g/mol. The highest BCUT2D eigenvalue weighted by Crippen LogP contribution is 2.30. The number of nitrogens with one attached hydrogen (secondary N) is 2. The van der Waals surface area contributed by atoms with E-state index in [-0.39, 0.29) is 23.9 Å². The standard InChI is InChI=1S/C38H58N2O2/c1-3-5-7-9-11-13-29-15-23-35(24-16-29)39-37(41)33-21-19-32-28-34(22-20-31(32)27-33)38(42)40-36-25-17-30(18-26-36)14-12-10-8-6-4-2/h19-22,27-30,35-36H,3-18,23-26H2,1-2H3,(H,39,41)(H,40,42). The topological polar surface area (TPSA) is 58.2 Å². The van der Waals surface area contributed by atoms with Gasteiger partial charge in [0.15, 0.2) is 0 Å². The molecule has 0 radical (unpaired) electrons. The normalized spacial score (nSPS) is 22.6. The molecule has 0 spiro atoms. The molecule has 232 valence electrons. The number of hydrogen-bond donors (Lipinski definition) is 2. The number of carbonyl (C=O) groups is 2. The Labute approximate surface area is 256 Å². The molecule has 0 saturated heterocycles. The minimum Gasteiger partial charge on any atom is -0.349 e. The third kappa shape index (κ3) is 10.4. The van der Waals surface area contributed by atoms with Crippen LogP contribution in [0.2, 0.25) is 0 Å². The molecule has 2 fully saturated rings. The summed E-state index contributed by atoms with van der Waals surface area (Å²) in [6.07, 6.45) is 25.6. The SMILES string of the molecule is CCCCCCCC1CCC(NC(=O)c2ccc3cc(C(=O)NC4CCC(CCCCCCC)CC4)ccc3c2)CC1. The minimum absolute atomic E-state index is 0.0262. The van der Waals surface area contributed by atoms with E-state index >= 15 is 0 Å². The number of amides is 2. The van der Waals surface area contributed by atoms with Crippen LogP contribution in [-0.2, 0) is 0 Å². The van der Waals surface area contributed by atoms with Gasteiger partial charge < -0.3 is 10.6 Å². The van der Waals surface area contributed by atoms with E-state index < -0.39 is 0 Å². The molecule has 4 rings (SSSR count). The van der Waals surface area contributed by atoms with Crippen LogP contribution in [0.25, 0.3) is 10.8 Å². The lowest BCUT2D eigenvalue weighted by Crippen LogP contribution is -2.37. The Morgan fingerprint density at radius 3 is 1.31 bits per heavy atom. The first-order valence-corrected chi connectivity index (χ1v) is 17.7. The summed E-state index contributed by atoms with van der Waals surface area (Å²) in [5, 5.41) is 8.61. The summed E-state index contributed by atoms with van der Waals surface area (Å²) in [4.78, 5) is 26.1. The van der Waals surface area contributed by atoms with E-state index in [2.05, 4.69) is 24.5 Å². The van der Waals surface area contributed by atoms with Crippen LogP contribution in [0.15, 0.2) is 36.4 Å². The van der Waals surface area contributed by atoms with E-state index in [1.807, 2.05) is 36.4 Å². The van der Waals surface area contributed by atoms with Crippen molar-refractivity contribution in [2.24, 2.45) is 11.8 Å². The Kier molecular flexibility index (Phi) is 13.7. The maximum absolute atomic E-state index is 13.1. The van der Waals surface area contributed by atoms with Crippen LogP contribution < -0.4 is 10.6 Å². The first-order chi connectivity index (χ1) is 20.6. The maximum Gasteiger partial charge on any atom is 0.251 e. The van der Waals surface area contributed by atoms with Crippen molar-refractivity contribution in [3.05, 3.63) is 47.5 Å². The average Bonchev–Trinajstić information content (AvgIpc) is 3.02. The largest absolute Gasteiger partial charge is 0.349 e. The fourth-order valence-electron chi connectivity index (χ4n) is 7.33. The smallest absolute Gasteiger partial charge is 0.251 e. The van der Waals surface area contributed by atoms with Crippen LogP contribution in [-0.4, -0.2) is 23.9 Å². The number of fused-ring (bicyclic) bond motifs is 1. The van der Waals surface area contributed by atoms with Gasteiger partial charge in [-0.2, -0.15) is 0 Å². The molecule has 0 bridgehead atoms. The lowest BCUT2D eigenvalue weighted by molar-refractivity contribution is 0.0912. The van der Waals surface area contributed by atoms with Crippen LogP contribution in [0.5, 0.6) is 0 Å². The van der Waals surface area contributed by atoms with Crippen molar-refractivity contribution in [2.45, 2.75) is 154 Å². The molecule has 2 N–H and O–H groups in total. The first kappa shape index (κ1) is 32.6. The van der Waals surface area contributed by atoms with Gasteiger partial charge in [-0.05, 0) is 98.2 Å². The summed E-state index contributed by atoms with van der Waals surface area (Å²) in [6.45, 7) is 4.54. The number of unbranched alkanes of at least 4 members (excludes halogenated alkanes) is 8. The van der Waals surface area contributed by atoms with Gasteiger partial charge in [0.2, 0.25) is 0 Å². The molecule has 0 heterocycles. The van der Waals surface area contributed by atoms with E-state index in [1.165, 1.54) is 103 Å².